The molecule has 28 heavy (non-hydrogen) atoms. The number of hydrogen-bond acceptors (Lipinski definition) is 6. The van der Waals surface area contributed by atoms with E-state index in [-0.39, 0.29) is 11.1 Å². The molecule has 2 heterocycles. The molecular formula is C19H20ClN5O2S. The van der Waals surface area contributed by atoms with E-state index in [1.54, 1.807) is 0 Å². The SMILES string of the molecule is Cc1ccc(Nc2nc(Cl)c(/C=N/N3C(=O)NC4(CCCCC4)C3=O)s2)cc1. The Hall–Kier alpha value is -2.45. The van der Waals surface area contributed by atoms with Gasteiger partial charge in [-0.25, -0.2) is 9.78 Å². The Morgan fingerprint density at radius 2 is 1.96 bits per heavy atom. The van der Waals surface area contributed by atoms with Crippen LogP contribution in [0, 0.1) is 6.92 Å². The lowest BCUT2D eigenvalue weighted by atomic mass is 9.82. The number of aryl methyl sites for hydroxylation is 1. The number of aromatic nitrogens is 1. The van der Waals surface area contributed by atoms with Gasteiger partial charge in [-0.1, -0.05) is 59.9 Å². The van der Waals surface area contributed by atoms with Gasteiger partial charge in [-0.05, 0) is 31.9 Å². The van der Waals surface area contributed by atoms with E-state index in [2.05, 4.69) is 20.7 Å². The van der Waals surface area contributed by atoms with Crippen molar-refractivity contribution in [2.24, 2.45) is 5.10 Å². The molecule has 146 valence electrons. The molecule has 0 radical (unpaired) electrons. The Morgan fingerprint density at radius 1 is 1.25 bits per heavy atom. The smallest absolute Gasteiger partial charge is 0.331 e. The summed E-state index contributed by atoms with van der Waals surface area (Å²) in [6, 6.07) is 7.42. The molecule has 7 nitrogen and oxygen atoms in total. The first-order chi connectivity index (χ1) is 13.5. The Labute approximate surface area is 171 Å². The zero-order valence-electron chi connectivity index (χ0n) is 15.4. The standard InChI is InChI=1S/C19H20ClN5O2S/c1-12-5-7-13(8-6-12)22-17-23-15(20)14(28-17)11-21-25-16(26)19(24-18(25)27)9-3-2-4-10-19/h5-8,11H,2-4,9-10H2,1H3,(H,22,23)(H,24,27)/b21-11+. The van der Waals surface area contributed by atoms with E-state index in [4.69, 9.17) is 11.6 Å². The molecule has 3 amide bonds. The number of nitrogens with one attached hydrogen (secondary N) is 2. The van der Waals surface area contributed by atoms with E-state index in [0.29, 0.717) is 22.9 Å². The molecule has 9 heteroatoms. The molecular weight excluding hydrogens is 398 g/mol. The average molecular weight is 418 g/mol. The second-order valence-electron chi connectivity index (χ2n) is 7.10. The van der Waals surface area contributed by atoms with Gasteiger partial charge in [0.25, 0.3) is 5.91 Å². The predicted molar refractivity (Wildman–Crippen MR) is 110 cm³/mol. The fourth-order valence-electron chi connectivity index (χ4n) is 3.52. The van der Waals surface area contributed by atoms with Crippen molar-refractivity contribution < 1.29 is 9.59 Å². The normalized spacial score (nSPS) is 18.9. The minimum absolute atomic E-state index is 0.266. The van der Waals surface area contributed by atoms with Crippen molar-refractivity contribution in [1.82, 2.24) is 15.3 Å². The van der Waals surface area contributed by atoms with Crippen LogP contribution < -0.4 is 10.6 Å². The van der Waals surface area contributed by atoms with E-state index in [9.17, 15) is 9.59 Å². The number of urea groups is 1. The van der Waals surface area contributed by atoms with Crippen LogP contribution in [0.15, 0.2) is 29.4 Å². The third kappa shape index (κ3) is 3.62. The number of hydrogen-bond donors (Lipinski definition) is 2. The van der Waals surface area contributed by atoms with Crippen molar-refractivity contribution in [3.05, 3.63) is 39.9 Å². The molecule has 2 aromatic rings. The third-order valence-corrected chi connectivity index (χ3v) is 6.36. The molecule has 1 saturated carbocycles. The second-order valence-corrected chi connectivity index (χ2v) is 8.49. The number of nitrogens with zero attached hydrogens (tertiary/aromatic N) is 3. The highest BCUT2D eigenvalue weighted by Crippen LogP contribution is 2.34. The summed E-state index contributed by atoms with van der Waals surface area (Å²) in [7, 11) is 0. The fourth-order valence-corrected chi connectivity index (χ4v) is 4.57. The summed E-state index contributed by atoms with van der Waals surface area (Å²) in [5, 5.41) is 11.9. The molecule has 4 rings (SSSR count). The van der Waals surface area contributed by atoms with Crippen molar-refractivity contribution >= 4 is 51.9 Å². The highest BCUT2D eigenvalue weighted by Gasteiger charge is 2.51. The van der Waals surface area contributed by atoms with Crippen molar-refractivity contribution in [3.63, 3.8) is 0 Å². The summed E-state index contributed by atoms with van der Waals surface area (Å²) in [5.41, 5.74) is 1.27. The van der Waals surface area contributed by atoms with E-state index in [0.717, 1.165) is 30.0 Å². The first kappa shape index (κ1) is 18.9. The minimum atomic E-state index is -0.789. The Balaban J connectivity index is 1.49. The number of carbonyl (C=O) groups excluding carboxylic acids is 2. The summed E-state index contributed by atoms with van der Waals surface area (Å²) in [6.07, 6.45) is 5.68. The number of benzene rings is 1. The molecule has 1 aliphatic carbocycles. The number of carbonyl (C=O) groups is 2. The molecule has 0 atom stereocenters. The maximum Gasteiger partial charge on any atom is 0.346 e. The van der Waals surface area contributed by atoms with Gasteiger partial charge in [0.15, 0.2) is 10.3 Å². The molecule has 1 aromatic carbocycles. The number of halogens is 1. The van der Waals surface area contributed by atoms with E-state index in [1.165, 1.54) is 23.1 Å². The first-order valence-electron chi connectivity index (χ1n) is 9.18. The summed E-state index contributed by atoms with van der Waals surface area (Å²) < 4.78 is 0. The van der Waals surface area contributed by atoms with Gasteiger partial charge in [-0.3, -0.25) is 4.79 Å². The number of thiazole rings is 1. The highest BCUT2D eigenvalue weighted by molar-refractivity contribution is 7.17. The molecule has 0 bridgehead atoms. The van der Waals surface area contributed by atoms with Gasteiger partial charge in [-0.2, -0.15) is 5.10 Å². The van der Waals surface area contributed by atoms with Gasteiger partial charge in [0.2, 0.25) is 0 Å². The first-order valence-corrected chi connectivity index (χ1v) is 10.4. The molecule has 1 aromatic heterocycles. The summed E-state index contributed by atoms with van der Waals surface area (Å²) in [6.45, 7) is 2.02. The lowest BCUT2D eigenvalue weighted by Gasteiger charge is -2.29. The summed E-state index contributed by atoms with van der Waals surface area (Å²) >= 11 is 7.50. The van der Waals surface area contributed by atoms with Crippen LogP contribution in [-0.4, -0.2) is 33.7 Å². The lowest BCUT2D eigenvalue weighted by Crippen LogP contribution is -2.48. The molecule has 1 aliphatic heterocycles. The van der Waals surface area contributed by atoms with Crippen LogP contribution in [0.25, 0.3) is 0 Å². The monoisotopic (exact) mass is 417 g/mol. The van der Waals surface area contributed by atoms with Crippen LogP contribution in [0.5, 0.6) is 0 Å². The van der Waals surface area contributed by atoms with Gasteiger partial charge in [0.1, 0.15) is 5.54 Å². The van der Waals surface area contributed by atoms with Gasteiger partial charge in [0.05, 0.1) is 11.1 Å². The van der Waals surface area contributed by atoms with Crippen LogP contribution in [-0.2, 0) is 4.79 Å². The van der Waals surface area contributed by atoms with Crippen LogP contribution >= 0.6 is 22.9 Å². The number of anilines is 2. The highest BCUT2D eigenvalue weighted by atomic mass is 35.5. The lowest BCUT2D eigenvalue weighted by molar-refractivity contribution is -0.132. The number of rotatable bonds is 4. The fraction of sp³-hybridized carbons (Fsp3) is 0.368. The average Bonchev–Trinajstić information content (AvgIpc) is 3.13. The zero-order chi connectivity index (χ0) is 19.7. The van der Waals surface area contributed by atoms with Crippen LogP contribution in [0.4, 0.5) is 15.6 Å². The number of hydrazone groups is 1. The quantitative estimate of drug-likeness (QED) is 0.568. The molecule has 2 aliphatic rings. The topological polar surface area (TPSA) is 86.7 Å². The molecule has 1 saturated heterocycles. The molecule has 1 spiro atoms. The van der Waals surface area contributed by atoms with E-state index < -0.39 is 11.6 Å². The van der Waals surface area contributed by atoms with Crippen molar-refractivity contribution in [2.45, 2.75) is 44.6 Å². The molecule has 0 unspecified atom stereocenters. The van der Waals surface area contributed by atoms with Crippen molar-refractivity contribution in [3.8, 4) is 0 Å². The third-order valence-electron chi connectivity index (χ3n) is 5.05. The van der Waals surface area contributed by atoms with Crippen LogP contribution in [0.1, 0.15) is 42.5 Å². The summed E-state index contributed by atoms with van der Waals surface area (Å²) in [4.78, 5) is 29.8. The van der Waals surface area contributed by atoms with Crippen LogP contribution in [0.3, 0.4) is 0 Å². The summed E-state index contributed by atoms with van der Waals surface area (Å²) in [5.74, 6) is -0.285. The second kappa shape index (κ2) is 7.52. The van der Waals surface area contributed by atoms with E-state index in [1.807, 2.05) is 31.2 Å². The van der Waals surface area contributed by atoms with Gasteiger partial charge < -0.3 is 10.6 Å². The van der Waals surface area contributed by atoms with Gasteiger partial charge in [0, 0.05) is 5.69 Å². The number of amides is 3. The maximum atomic E-state index is 12.7. The maximum absolute atomic E-state index is 12.7. The number of imide groups is 1. The van der Waals surface area contributed by atoms with Gasteiger partial charge in [-0.15, -0.1) is 5.01 Å². The molecule has 2 N–H and O–H groups in total. The van der Waals surface area contributed by atoms with E-state index >= 15 is 0 Å². The Morgan fingerprint density at radius 3 is 2.68 bits per heavy atom. The van der Waals surface area contributed by atoms with Gasteiger partial charge >= 0.3 is 6.03 Å². The van der Waals surface area contributed by atoms with Crippen LogP contribution in [0.2, 0.25) is 5.15 Å². The van der Waals surface area contributed by atoms with Crippen molar-refractivity contribution in [2.75, 3.05) is 5.32 Å². The zero-order valence-corrected chi connectivity index (χ0v) is 16.9. The van der Waals surface area contributed by atoms with Crippen molar-refractivity contribution in [1.29, 1.82) is 0 Å². The largest absolute Gasteiger partial charge is 0.346 e. The molecule has 2 fully saturated rings. The Kier molecular flexibility index (Phi) is 5.07. The predicted octanol–water partition coefficient (Wildman–Crippen LogP) is 4.44. The minimum Gasteiger partial charge on any atom is -0.331 e. The Bertz CT molecular complexity index is 934.